The Kier molecular flexibility index (Phi) is 7.89. The van der Waals surface area contributed by atoms with E-state index in [2.05, 4.69) is 16.9 Å². The molecule has 0 saturated carbocycles. The van der Waals surface area contributed by atoms with Crippen LogP contribution in [-0.2, 0) is 16.4 Å². The largest absolute Gasteiger partial charge is 0.368 e. The number of aryl methyl sites for hydroxylation is 1. The summed E-state index contributed by atoms with van der Waals surface area (Å²) in [6, 6.07) is 9.81. The lowest BCUT2D eigenvalue weighted by molar-refractivity contribution is 0.0999. The van der Waals surface area contributed by atoms with E-state index >= 15 is 0 Å². The van der Waals surface area contributed by atoms with Gasteiger partial charge in [-0.1, -0.05) is 37.3 Å². The fraction of sp³-hybridized carbons (Fsp3) is 0.421. The first-order chi connectivity index (χ1) is 13.3. The van der Waals surface area contributed by atoms with Crippen LogP contribution in [0, 0.1) is 5.92 Å². The molecule has 0 aliphatic carbocycles. The average molecular weight is 406 g/mol. The van der Waals surface area contributed by atoms with Crippen LogP contribution in [-0.4, -0.2) is 47.4 Å². The molecule has 3 rings (SSSR count). The minimum atomic E-state index is -3.07. The van der Waals surface area contributed by atoms with Gasteiger partial charge in [-0.3, -0.25) is 4.79 Å². The molecule has 1 fully saturated rings. The van der Waals surface area contributed by atoms with Crippen LogP contribution in [0.25, 0.3) is 0 Å². The van der Waals surface area contributed by atoms with Crippen molar-refractivity contribution >= 4 is 21.9 Å². The molecule has 28 heavy (non-hydrogen) atoms. The predicted molar refractivity (Wildman–Crippen MR) is 109 cm³/mol. The van der Waals surface area contributed by atoms with Crippen LogP contribution in [0.3, 0.4) is 0 Å². The minimum absolute atomic E-state index is 0.130. The number of primary amides is 1. The highest BCUT2D eigenvalue weighted by atomic mass is 32.2. The summed E-state index contributed by atoms with van der Waals surface area (Å²) < 4.78 is 26.0. The van der Waals surface area contributed by atoms with Gasteiger partial charge in [-0.25, -0.2) is 22.7 Å². The van der Waals surface area contributed by atoms with Crippen molar-refractivity contribution in [3.63, 3.8) is 0 Å². The van der Waals surface area contributed by atoms with E-state index in [-0.39, 0.29) is 17.3 Å². The topological polar surface area (TPSA) is 132 Å². The monoisotopic (exact) mass is 405 g/mol. The van der Waals surface area contributed by atoms with Crippen molar-refractivity contribution in [3.05, 3.63) is 53.9 Å². The molecule has 2 heterocycles. The van der Waals surface area contributed by atoms with E-state index in [1.54, 1.807) is 4.31 Å². The van der Waals surface area contributed by atoms with E-state index in [1.807, 2.05) is 30.3 Å². The molecule has 1 aliphatic rings. The molecule has 9 heteroatoms. The highest BCUT2D eigenvalue weighted by Gasteiger charge is 2.25. The van der Waals surface area contributed by atoms with E-state index in [4.69, 9.17) is 11.5 Å². The van der Waals surface area contributed by atoms with Crippen molar-refractivity contribution in [3.8, 4) is 0 Å². The summed E-state index contributed by atoms with van der Waals surface area (Å²) in [5.74, 6) is 0.460. The van der Waals surface area contributed by atoms with Crippen molar-refractivity contribution in [2.45, 2.75) is 26.2 Å². The fourth-order valence-electron chi connectivity index (χ4n) is 2.75. The average Bonchev–Trinajstić information content (AvgIpc) is 2.68. The second-order valence-corrected chi connectivity index (χ2v) is 8.92. The van der Waals surface area contributed by atoms with Crippen molar-refractivity contribution in [1.29, 1.82) is 0 Å². The molecule has 1 aromatic heterocycles. The van der Waals surface area contributed by atoms with Gasteiger partial charge < -0.3 is 11.5 Å². The molecule has 0 spiro atoms. The Morgan fingerprint density at radius 1 is 1.14 bits per heavy atom. The molecule has 0 radical (unpaired) electrons. The van der Waals surface area contributed by atoms with Crippen molar-refractivity contribution in [2.75, 3.05) is 24.6 Å². The van der Waals surface area contributed by atoms with Gasteiger partial charge in [0.2, 0.25) is 16.0 Å². The SMILES string of the molecule is CC1CCN(S(=O)(=O)CCc2ccccc2)CC1.NC(=O)c1cnc(N)nc1. The van der Waals surface area contributed by atoms with Crippen LogP contribution in [0.4, 0.5) is 5.95 Å². The molecule has 1 saturated heterocycles. The standard InChI is InChI=1S/C14H21NO2S.C5H6N4O/c1-13-7-10-15(11-8-13)18(16,17)12-9-14-5-3-2-4-6-14;6-4(10)3-1-8-5(7)9-2-3/h2-6,13H,7-12H2,1H3;1-2H,(H2,6,10)(H2,7,8,9). The van der Waals surface area contributed by atoms with Crippen molar-refractivity contribution in [1.82, 2.24) is 14.3 Å². The maximum atomic E-state index is 12.2. The molecule has 2 aromatic rings. The summed E-state index contributed by atoms with van der Waals surface area (Å²) in [5, 5.41) is 0. The Morgan fingerprint density at radius 2 is 1.71 bits per heavy atom. The lowest BCUT2D eigenvalue weighted by Gasteiger charge is -2.29. The minimum Gasteiger partial charge on any atom is -0.368 e. The lowest BCUT2D eigenvalue weighted by Crippen LogP contribution is -2.39. The zero-order valence-electron chi connectivity index (χ0n) is 16.0. The predicted octanol–water partition coefficient (Wildman–Crippen LogP) is 1.45. The second-order valence-electron chi connectivity index (χ2n) is 6.83. The molecular weight excluding hydrogens is 378 g/mol. The maximum absolute atomic E-state index is 12.2. The number of rotatable bonds is 5. The number of nitrogens with zero attached hydrogens (tertiary/aromatic N) is 3. The number of aromatic nitrogens is 2. The molecule has 8 nitrogen and oxygen atoms in total. The number of carbonyl (C=O) groups excluding carboxylic acids is 1. The quantitative estimate of drug-likeness (QED) is 0.774. The summed E-state index contributed by atoms with van der Waals surface area (Å²) >= 11 is 0. The molecule has 4 N–H and O–H groups in total. The van der Waals surface area contributed by atoms with Crippen molar-refractivity contribution in [2.24, 2.45) is 11.7 Å². The normalized spacial score (nSPS) is 15.5. The molecular formula is C19H27N5O3S. The van der Waals surface area contributed by atoms with Gasteiger partial charge in [-0.15, -0.1) is 0 Å². The van der Waals surface area contributed by atoms with Gasteiger partial charge in [0.1, 0.15) is 0 Å². The second kappa shape index (κ2) is 10.1. The lowest BCUT2D eigenvalue weighted by atomic mass is 10.0. The summed E-state index contributed by atoms with van der Waals surface area (Å²) in [6.07, 6.45) is 5.15. The molecule has 0 unspecified atom stereocenters. The van der Waals surface area contributed by atoms with Crippen LogP contribution < -0.4 is 11.5 Å². The van der Waals surface area contributed by atoms with E-state index in [1.165, 1.54) is 12.4 Å². The number of sulfonamides is 1. The molecule has 1 amide bonds. The van der Waals surface area contributed by atoms with Gasteiger partial charge in [-0.2, -0.15) is 0 Å². The Bertz CT molecular complexity index is 849. The summed E-state index contributed by atoms with van der Waals surface area (Å²) in [5.41, 5.74) is 11.4. The number of anilines is 1. The highest BCUT2D eigenvalue weighted by molar-refractivity contribution is 7.89. The van der Waals surface area contributed by atoms with Crippen LogP contribution in [0.1, 0.15) is 35.7 Å². The number of amides is 1. The number of benzene rings is 1. The first-order valence-corrected chi connectivity index (χ1v) is 10.8. The first-order valence-electron chi connectivity index (χ1n) is 9.17. The van der Waals surface area contributed by atoms with E-state index in [9.17, 15) is 13.2 Å². The van der Waals surface area contributed by atoms with Crippen LogP contribution in [0.15, 0.2) is 42.7 Å². The summed E-state index contributed by atoms with van der Waals surface area (Å²) in [6.45, 7) is 3.57. The summed E-state index contributed by atoms with van der Waals surface area (Å²) in [4.78, 5) is 17.5. The first kappa shape index (κ1) is 21.8. The van der Waals surface area contributed by atoms with Gasteiger partial charge in [0.05, 0.1) is 11.3 Å². The Hall–Kier alpha value is -2.52. The number of nitrogen functional groups attached to an aromatic ring is 1. The molecule has 0 bridgehead atoms. The highest BCUT2D eigenvalue weighted by Crippen LogP contribution is 2.19. The van der Waals surface area contributed by atoms with E-state index < -0.39 is 15.9 Å². The summed E-state index contributed by atoms with van der Waals surface area (Å²) in [7, 11) is -3.07. The number of nitrogens with two attached hydrogens (primary N) is 2. The van der Waals surface area contributed by atoms with E-state index in [0.717, 1.165) is 18.4 Å². The number of piperidine rings is 1. The molecule has 1 aliphatic heterocycles. The van der Waals surface area contributed by atoms with Gasteiger partial charge in [-0.05, 0) is 30.7 Å². The Morgan fingerprint density at radius 3 is 2.25 bits per heavy atom. The van der Waals surface area contributed by atoms with E-state index in [0.29, 0.717) is 25.4 Å². The van der Waals surface area contributed by atoms with Crippen LogP contribution in [0.5, 0.6) is 0 Å². The fourth-order valence-corrected chi connectivity index (χ4v) is 4.27. The zero-order valence-corrected chi connectivity index (χ0v) is 16.8. The van der Waals surface area contributed by atoms with Crippen LogP contribution >= 0.6 is 0 Å². The van der Waals surface area contributed by atoms with Gasteiger partial charge in [0.15, 0.2) is 0 Å². The van der Waals surface area contributed by atoms with Gasteiger partial charge in [0, 0.05) is 25.5 Å². The Labute approximate surface area is 166 Å². The van der Waals surface area contributed by atoms with Crippen LogP contribution in [0.2, 0.25) is 0 Å². The molecule has 0 atom stereocenters. The van der Waals surface area contributed by atoms with Crippen molar-refractivity contribution < 1.29 is 13.2 Å². The smallest absolute Gasteiger partial charge is 0.251 e. The van der Waals surface area contributed by atoms with Gasteiger partial charge >= 0.3 is 0 Å². The Balaban J connectivity index is 0.000000237. The molecule has 152 valence electrons. The molecule has 1 aromatic carbocycles. The number of carbonyl (C=O) groups is 1. The number of hydrogen-bond acceptors (Lipinski definition) is 6. The maximum Gasteiger partial charge on any atom is 0.251 e. The zero-order chi connectivity index (χ0) is 20.6. The third kappa shape index (κ3) is 6.90. The number of hydrogen-bond donors (Lipinski definition) is 2. The van der Waals surface area contributed by atoms with Gasteiger partial charge in [0.25, 0.3) is 5.91 Å². The third-order valence-electron chi connectivity index (χ3n) is 4.58. The third-order valence-corrected chi connectivity index (χ3v) is 6.46.